The molecule has 186 valence electrons. The smallest absolute Gasteiger partial charge is 0.264 e. The fourth-order valence-corrected chi connectivity index (χ4v) is 5.75. The van der Waals surface area contributed by atoms with Gasteiger partial charge in [-0.1, -0.05) is 43.4 Å². The molecule has 1 unspecified atom stereocenters. The van der Waals surface area contributed by atoms with E-state index in [4.69, 9.17) is 5.73 Å². The summed E-state index contributed by atoms with van der Waals surface area (Å²) in [6.07, 6.45) is 9.41. The molecule has 1 aromatic rings. The van der Waals surface area contributed by atoms with E-state index in [0.717, 1.165) is 37.7 Å². The Morgan fingerprint density at radius 1 is 0.912 bits per heavy atom. The van der Waals surface area contributed by atoms with E-state index in [0.29, 0.717) is 37.4 Å². The Kier molecular flexibility index (Phi) is 8.24. The maximum atomic E-state index is 13.6. The van der Waals surface area contributed by atoms with Gasteiger partial charge in [0.2, 0.25) is 5.91 Å². The fourth-order valence-electron chi connectivity index (χ4n) is 5.75. The molecule has 0 aromatic heterocycles. The van der Waals surface area contributed by atoms with Gasteiger partial charge in [-0.3, -0.25) is 14.4 Å². The molecule has 7 nitrogen and oxygen atoms in total. The molecule has 0 spiro atoms. The summed E-state index contributed by atoms with van der Waals surface area (Å²) in [5.74, 6) is 0.158. The molecule has 1 heterocycles. The van der Waals surface area contributed by atoms with Crippen LogP contribution < -0.4 is 11.1 Å². The van der Waals surface area contributed by atoms with Crippen molar-refractivity contribution in [3.63, 3.8) is 0 Å². The highest BCUT2D eigenvalue weighted by Gasteiger charge is 2.41. The van der Waals surface area contributed by atoms with E-state index in [1.54, 1.807) is 21.9 Å². The quantitative estimate of drug-likeness (QED) is 0.669. The second kappa shape index (κ2) is 11.3. The average Bonchev–Trinajstić information content (AvgIpc) is 3.37. The molecule has 3 N–H and O–H groups in total. The maximum absolute atomic E-state index is 13.6. The zero-order valence-electron chi connectivity index (χ0n) is 20.5. The molecule has 3 aliphatic rings. The van der Waals surface area contributed by atoms with E-state index >= 15 is 0 Å². The normalized spacial score (nSPS) is 25.9. The van der Waals surface area contributed by atoms with Crippen molar-refractivity contribution in [2.75, 3.05) is 13.1 Å². The number of rotatable bonds is 6. The second-order valence-electron chi connectivity index (χ2n) is 10.5. The lowest BCUT2D eigenvalue weighted by molar-refractivity contribution is -0.149. The van der Waals surface area contributed by atoms with Gasteiger partial charge in [-0.05, 0) is 63.5 Å². The third-order valence-electron chi connectivity index (χ3n) is 7.86. The van der Waals surface area contributed by atoms with Gasteiger partial charge in [0.25, 0.3) is 11.8 Å². The van der Waals surface area contributed by atoms with Gasteiger partial charge in [0.1, 0.15) is 0 Å². The Hall–Kier alpha value is -2.41. The number of aryl methyl sites for hydroxylation is 1. The largest absolute Gasteiger partial charge is 0.350 e. The molecule has 1 saturated heterocycles. The number of carbonyl (C=O) groups excluding carboxylic acids is 3. The first kappa shape index (κ1) is 24.7. The zero-order chi connectivity index (χ0) is 24.1. The van der Waals surface area contributed by atoms with Crippen LogP contribution in [-0.4, -0.2) is 58.9 Å². The van der Waals surface area contributed by atoms with E-state index in [2.05, 4.69) is 5.32 Å². The molecule has 7 heteroatoms. The van der Waals surface area contributed by atoms with Gasteiger partial charge in [0.15, 0.2) is 6.17 Å². The Bertz CT molecular complexity index is 857. The van der Waals surface area contributed by atoms with Crippen LogP contribution in [0.5, 0.6) is 0 Å². The van der Waals surface area contributed by atoms with Crippen molar-refractivity contribution < 1.29 is 14.4 Å². The van der Waals surface area contributed by atoms with Crippen LogP contribution >= 0.6 is 0 Å². The van der Waals surface area contributed by atoms with Crippen molar-refractivity contribution >= 4 is 17.7 Å². The monoisotopic (exact) mass is 468 g/mol. The summed E-state index contributed by atoms with van der Waals surface area (Å²) in [5, 5.41) is 3.15. The Morgan fingerprint density at radius 2 is 1.56 bits per heavy atom. The van der Waals surface area contributed by atoms with Crippen LogP contribution in [0.2, 0.25) is 0 Å². The molecule has 4 rings (SSSR count). The van der Waals surface area contributed by atoms with Crippen LogP contribution in [0.1, 0.15) is 86.6 Å². The number of nitrogens with two attached hydrogens (primary N) is 1. The molecule has 1 atom stereocenters. The lowest BCUT2D eigenvalue weighted by atomic mass is 9.91. The summed E-state index contributed by atoms with van der Waals surface area (Å²) in [5.41, 5.74) is 7.66. The summed E-state index contributed by atoms with van der Waals surface area (Å²) >= 11 is 0. The van der Waals surface area contributed by atoms with Crippen LogP contribution in [0.4, 0.5) is 0 Å². The topological polar surface area (TPSA) is 95.7 Å². The summed E-state index contributed by atoms with van der Waals surface area (Å²) in [7, 11) is 0. The highest BCUT2D eigenvalue weighted by molar-refractivity contribution is 5.99. The highest BCUT2D eigenvalue weighted by Crippen LogP contribution is 2.29. The van der Waals surface area contributed by atoms with Gasteiger partial charge in [-0.15, -0.1) is 0 Å². The molecule has 1 aliphatic heterocycles. The molecule has 3 amide bonds. The van der Waals surface area contributed by atoms with Crippen LogP contribution in [0.15, 0.2) is 24.3 Å². The van der Waals surface area contributed by atoms with Crippen LogP contribution in [0, 0.1) is 12.8 Å². The van der Waals surface area contributed by atoms with Crippen LogP contribution in [0.3, 0.4) is 0 Å². The van der Waals surface area contributed by atoms with E-state index in [1.165, 1.54) is 25.7 Å². The fraction of sp³-hybridized carbons (Fsp3) is 0.667. The van der Waals surface area contributed by atoms with E-state index in [1.807, 2.05) is 19.1 Å². The lowest BCUT2D eigenvalue weighted by Crippen LogP contribution is -2.64. The molecule has 1 aromatic carbocycles. The zero-order valence-corrected chi connectivity index (χ0v) is 20.5. The number of hydrogen-bond donors (Lipinski definition) is 2. The Labute approximate surface area is 203 Å². The molecule has 3 fully saturated rings. The van der Waals surface area contributed by atoms with Crippen molar-refractivity contribution in [3.05, 3.63) is 35.4 Å². The van der Waals surface area contributed by atoms with E-state index < -0.39 is 6.17 Å². The first-order valence-corrected chi connectivity index (χ1v) is 13.2. The standard InChI is InChI=1S/C27H40N4O3/c1-19-7-10-21(11-8-19)27(34)31-18-4-17-30(24(32)16-9-20-5-2-3-6-20)26(31)25(33)29-23-14-12-22(28)13-15-23/h7-8,10-11,20,22-23,26H,2-6,9,12-18,28H2,1H3,(H,29,33). The SMILES string of the molecule is Cc1ccc(C(=O)N2CCCN(C(=O)CCC3CCCC3)C2C(=O)NC2CCC(N)CC2)cc1. The molecule has 34 heavy (non-hydrogen) atoms. The lowest BCUT2D eigenvalue weighted by Gasteiger charge is -2.43. The van der Waals surface area contributed by atoms with Crippen LogP contribution in [-0.2, 0) is 9.59 Å². The summed E-state index contributed by atoms with van der Waals surface area (Å²) in [4.78, 5) is 43.7. The number of hydrogen-bond acceptors (Lipinski definition) is 4. The minimum absolute atomic E-state index is 0.0147. The van der Waals surface area contributed by atoms with Gasteiger partial charge in [-0.25, -0.2) is 0 Å². The van der Waals surface area contributed by atoms with Crippen molar-refractivity contribution in [3.8, 4) is 0 Å². The molecule has 2 aliphatic carbocycles. The van der Waals surface area contributed by atoms with Crippen LogP contribution in [0.25, 0.3) is 0 Å². The van der Waals surface area contributed by atoms with Crippen molar-refractivity contribution in [2.45, 2.75) is 95.8 Å². The number of nitrogens with one attached hydrogen (secondary N) is 1. The van der Waals surface area contributed by atoms with Gasteiger partial charge >= 0.3 is 0 Å². The predicted molar refractivity (Wildman–Crippen MR) is 132 cm³/mol. The number of carbonyl (C=O) groups is 3. The molecule has 0 bridgehead atoms. The molecular weight excluding hydrogens is 428 g/mol. The maximum Gasteiger partial charge on any atom is 0.264 e. The van der Waals surface area contributed by atoms with E-state index in [-0.39, 0.29) is 29.8 Å². The minimum Gasteiger partial charge on any atom is -0.350 e. The number of nitrogens with zero attached hydrogens (tertiary/aromatic N) is 2. The van der Waals surface area contributed by atoms with Crippen molar-refractivity contribution in [1.82, 2.24) is 15.1 Å². The number of benzene rings is 1. The summed E-state index contributed by atoms with van der Waals surface area (Å²) in [6, 6.07) is 7.65. The van der Waals surface area contributed by atoms with Gasteiger partial charge in [0, 0.05) is 37.2 Å². The van der Waals surface area contributed by atoms with Gasteiger partial charge in [0.05, 0.1) is 0 Å². The van der Waals surface area contributed by atoms with Crippen molar-refractivity contribution in [1.29, 1.82) is 0 Å². The second-order valence-corrected chi connectivity index (χ2v) is 10.5. The third kappa shape index (κ3) is 5.98. The summed E-state index contributed by atoms with van der Waals surface area (Å²) in [6.45, 7) is 2.95. The molecule has 2 saturated carbocycles. The molecular formula is C27H40N4O3. The highest BCUT2D eigenvalue weighted by atomic mass is 16.2. The minimum atomic E-state index is -0.894. The predicted octanol–water partition coefficient (Wildman–Crippen LogP) is 3.35. The first-order valence-electron chi connectivity index (χ1n) is 13.2. The molecule has 0 radical (unpaired) electrons. The average molecular weight is 469 g/mol. The van der Waals surface area contributed by atoms with E-state index in [9.17, 15) is 14.4 Å². The Morgan fingerprint density at radius 3 is 2.24 bits per heavy atom. The summed E-state index contributed by atoms with van der Waals surface area (Å²) < 4.78 is 0. The van der Waals surface area contributed by atoms with Gasteiger partial charge < -0.3 is 20.9 Å². The third-order valence-corrected chi connectivity index (χ3v) is 7.86. The Balaban J connectivity index is 1.51. The van der Waals surface area contributed by atoms with Gasteiger partial charge in [-0.2, -0.15) is 0 Å². The number of amides is 3. The van der Waals surface area contributed by atoms with Crippen molar-refractivity contribution in [2.24, 2.45) is 11.7 Å². The first-order chi connectivity index (χ1) is 16.4.